The molecule has 3 rings (SSSR count). The Balaban J connectivity index is 1.86. The summed E-state index contributed by atoms with van der Waals surface area (Å²) in [6, 6.07) is 9.78. The highest BCUT2D eigenvalue weighted by Gasteiger charge is 2.30. The van der Waals surface area contributed by atoms with Crippen LogP contribution in [0.25, 0.3) is 10.9 Å². The van der Waals surface area contributed by atoms with Crippen LogP contribution in [0.1, 0.15) is 32.3 Å². The van der Waals surface area contributed by atoms with Crippen molar-refractivity contribution in [3.8, 4) is 0 Å². The second-order valence-electron chi connectivity index (χ2n) is 7.07. The molecule has 0 radical (unpaired) electrons. The van der Waals surface area contributed by atoms with E-state index in [-0.39, 0.29) is 11.5 Å². The third-order valence-corrected chi connectivity index (χ3v) is 4.67. The summed E-state index contributed by atoms with van der Waals surface area (Å²) in [7, 11) is 1.79. The second-order valence-corrected chi connectivity index (χ2v) is 7.07. The number of carbonyl (C=O) groups is 1. The maximum atomic E-state index is 12.6. The average Bonchev–Trinajstić information content (AvgIpc) is 2.83. The SMILES string of the molecule is CC(C)CC1CC(=O)N(Cc2cc3ccccc3n(C)c2=O)C1. The number of amides is 1. The van der Waals surface area contributed by atoms with Gasteiger partial charge in [0.05, 0.1) is 12.1 Å². The van der Waals surface area contributed by atoms with Gasteiger partial charge in [0.2, 0.25) is 5.91 Å². The molecule has 1 aliphatic heterocycles. The van der Waals surface area contributed by atoms with Crippen LogP contribution in [0.2, 0.25) is 0 Å². The largest absolute Gasteiger partial charge is 0.338 e. The number of aromatic nitrogens is 1. The molecule has 0 saturated carbocycles. The normalized spacial score (nSPS) is 18.3. The molecule has 1 saturated heterocycles. The maximum absolute atomic E-state index is 12.6. The van der Waals surface area contributed by atoms with Crippen LogP contribution in [0.4, 0.5) is 0 Å². The van der Waals surface area contributed by atoms with Crippen LogP contribution in [0.5, 0.6) is 0 Å². The molecule has 1 fully saturated rings. The predicted octanol–water partition coefficient (Wildman–Crippen LogP) is 2.93. The van der Waals surface area contributed by atoms with E-state index in [4.69, 9.17) is 0 Å². The van der Waals surface area contributed by atoms with Gasteiger partial charge in [-0.25, -0.2) is 0 Å². The van der Waals surface area contributed by atoms with E-state index in [0.717, 1.165) is 23.9 Å². The van der Waals surface area contributed by atoms with E-state index in [1.54, 1.807) is 11.6 Å². The number of nitrogens with zero attached hydrogens (tertiary/aromatic N) is 2. The lowest BCUT2D eigenvalue weighted by Gasteiger charge is -2.18. The number of hydrogen-bond donors (Lipinski definition) is 0. The highest BCUT2D eigenvalue weighted by molar-refractivity contribution is 5.80. The molecule has 1 aromatic heterocycles. The van der Waals surface area contributed by atoms with Crippen molar-refractivity contribution < 1.29 is 4.79 Å². The fraction of sp³-hybridized carbons (Fsp3) is 0.474. The molecule has 4 nitrogen and oxygen atoms in total. The van der Waals surface area contributed by atoms with Gasteiger partial charge in [-0.05, 0) is 35.8 Å². The van der Waals surface area contributed by atoms with Gasteiger partial charge in [-0.1, -0.05) is 32.0 Å². The molecule has 0 bridgehead atoms. The Bertz CT molecular complexity index is 792. The number of aryl methyl sites for hydroxylation is 1. The molecule has 0 spiro atoms. The predicted molar refractivity (Wildman–Crippen MR) is 92.2 cm³/mol. The fourth-order valence-corrected chi connectivity index (χ4v) is 3.64. The van der Waals surface area contributed by atoms with Crippen molar-refractivity contribution in [2.24, 2.45) is 18.9 Å². The minimum Gasteiger partial charge on any atom is -0.338 e. The topological polar surface area (TPSA) is 42.3 Å². The Morgan fingerprint density at radius 2 is 1.96 bits per heavy atom. The second kappa shape index (κ2) is 6.19. The minimum atomic E-state index is -0.0104. The number of para-hydroxylation sites is 1. The van der Waals surface area contributed by atoms with Crippen molar-refractivity contribution in [3.05, 3.63) is 46.2 Å². The lowest BCUT2D eigenvalue weighted by molar-refractivity contribution is -0.128. The number of rotatable bonds is 4. The Morgan fingerprint density at radius 1 is 1.22 bits per heavy atom. The van der Waals surface area contributed by atoms with Crippen LogP contribution in [-0.4, -0.2) is 21.9 Å². The molecule has 1 atom stereocenters. The summed E-state index contributed by atoms with van der Waals surface area (Å²) in [6.07, 6.45) is 1.68. The van der Waals surface area contributed by atoms with Gasteiger partial charge >= 0.3 is 0 Å². The summed E-state index contributed by atoms with van der Waals surface area (Å²) < 4.78 is 1.68. The standard InChI is InChI=1S/C19H24N2O2/c1-13(2)8-14-9-18(22)21(11-14)12-16-10-15-6-4-5-7-17(15)20(3)19(16)23/h4-7,10,13-14H,8-9,11-12H2,1-3H3. The first-order chi connectivity index (χ1) is 11.0. The molecular weight excluding hydrogens is 288 g/mol. The third-order valence-electron chi connectivity index (χ3n) is 4.67. The number of benzene rings is 1. The molecule has 0 aliphatic carbocycles. The molecule has 2 heterocycles. The summed E-state index contributed by atoms with van der Waals surface area (Å²) in [4.78, 5) is 26.7. The van der Waals surface area contributed by atoms with Gasteiger partial charge in [0, 0.05) is 25.6 Å². The Hall–Kier alpha value is -2.10. The highest BCUT2D eigenvalue weighted by Crippen LogP contribution is 2.25. The number of likely N-dealkylation sites (tertiary alicyclic amines) is 1. The van der Waals surface area contributed by atoms with Gasteiger partial charge in [-0.2, -0.15) is 0 Å². The summed E-state index contributed by atoms with van der Waals surface area (Å²) in [5.41, 5.74) is 1.61. The zero-order chi connectivity index (χ0) is 16.6. The molecule has 1 amide bonds. The van der Waals surface area contributed by atoms with Crippen LogP contribution in [0.3, 0.4) is 0 Å². The minimum absolute atomic E-state index is 0.0104. The Morgan fingerprint density at radius 3 is 2.70 bits per heavy atom. The van der Waals surface area contributed by atoms with E-state index in [2.05, 4.69) is 13.8 Å². The zero-order valence-electron chi connectivity index (χ0n) is 14.1. The first-order valence-electron chi connectivity index (χ1n) is 8.31. The van der Waals surface area contributed by atoms with E-state index >= 15 is 0 Å². The van der Waals surface area contributed by atoms with Crippen molar-refractivity contribution in [2.75, 3.05) is 6.54 Å². The first-order valence-corrected chi connectivity index (χ1v) is 8.31. The molecule has 4 heteroatoms. The summed E-state index contributed by atoms with van der Waals surface area (Å²) >= 11 is 0. The lowest BCUT2D eigenvalue weighted by atomic mass is 9.96. The van der Waals surface area contributed by atoms with Gasteiger partial charge in [0.15, 0.2) is 0 Å². The number of fused-ring (bicyclic) bond motifs is 1. The maximum Gasteiger partial charge on any atom is 0.255 e. The summed E-state index contributed by atoms with van der Waals surface area (Å²) in [6.45, 7) is 5.57. The van der Waals surface area contributed by atoms with Gasteiger partial charge < -0.3 is 9.47 Å². The van der Waals surface area contributed by atoms with Crippen molar-refractivity contribution >= 4 is 16.8 Å². The molecular formula is C19H24N2O2. The molecule has 1 aromatic carbocycles. The number of pyridine rings is 1. The van der Waals surface area contributed by atoms with E-state index in [1.807, 2.05) is 35.2 Å². The number of carbonyl (C=O) groups excluding carboxylic acids is 1. The van der Waals surface area contributed by atoms with E-state index < -0.39 is 0 Å². The van der Waals surface area contributed by atoms with Crippen LogP contribution in [-0.2, 0) is 18.4 Å². The van der Waals surface area contributed by atoms with Gasteiger partial charge in [0.1, 0.15) is 0 Å². The Labute approximate surface area is 136 Å². The van der Waals surface area contributed by atoms with Gasteiger partial charge in [0.25, 0.3) is 5.56 Å². The van der Waals surface area contributed by atoms with Gasteiger partial charge in [-0.15, -0.1) is 0 Å². The van der Waals surface area contributed by atoms with Crippen LogP contribution in [0, 0.1) is 11.8 Å². The van der Waals surface area contributed by atoms with Crippen LogP contribution >= 0.6 is 0 Å². The van der Waals surface area contributed by atoms with Crippen molar-refractivity contribution in [1.29, 1.82) is 0 Å². The van der Waals surface area contributed by atoms with Crippen molar-refractivity contribution in [3.63, 3.8) is 0 Å². The smallest absolute Gasteiger partial charge is 0.255 e. The van der Waals surface area contributed by atoms with Gasteiger partial charge in [-0.3, -0.25) is 9.59 Å². The zero-order valence-corrected chi connectivity index (χ0v) is 14.1. The lowest BCUT2D eigenvalue weighted by Crippen LogP contribution is -2.30. The summed E-state index contributed by atoms with van der Waals surface area (Å²) in [5.74, 6) is 1.19. The Kier molecular flexibility index (Phi) is 4.24. The first kappa shape index (κ1) is 15.8. The molecule has 1 unspecified atom stereocenters. The fourth-order valence-electron chi connectivity index (χ4n) is 3.64. The third kappa shape index (κ3) is 3.16. The molecule has 1 aliphatic rings. The summed E-state index contributed by atoms with van der Waals surface area (Å²) in [5, 5.41) is 1.04. The quantitative estimate of drug-likeness (QED) is 0.871. The van der Waals surface area contributed by atoms with Crippen molar-refractivity contribution in [2.45, 2.75) is 33.2 Å². The monoisotopic (exact) mass is 312 g/mol. The van der Waals surface area contributed by atoms with Crippen molar-refractivity contribution in [1.82, 2.24) is 9.47 Å². The highest BCUT2D eigenvalue weighted by atomic mass is 16.2. The molecule has 0 N–H and O–H groups in total. The molecule has 122 valence electrons. The van der Waals surface area contributed by atoms with E-state index in [0.29, 0.717) is 30.4 Å². The molecule has 23 heavy (non-hydrogen) atoms. The van der Waals surface area contributed by atoms with Crippen LogP contribution < -0.4 is 5.56 Å². The van der Waals surface area contributed by atoms with E-state index in [1.165, 1.54) is 0 Å². The van der Waals surface area contributed by atoms with Crippen LogP contribution in [0.15, 0.2) is 35.1 Å². The average molecular weight is 312 g/mol. The molecule has 2 aromatic rings. The van der Waals surface area contributed by atoms with E-state index in [9.17, 15) is 9.59 Å². The number of hydrogen-bond acceptors (Lipinski definition) is 2.